The van der Waals surface area contributed by atoms with E-state index in [0.717, 1.165) is 5.56 Å². The molecule has 10 N–H and O–H groups in total. The number of hydrogen-bond acceptors (Lipinski definition) is 11. The standard InChI is InChI=1S/C41H64N8O11S/c1-7-24(6)34(48-35(53)26(42)19-25-12-9-8-10-13-25)39(57)46-29(21-61)37(55)44-27(15-16-32(51)52)36(54)45-28(18-22(2)3)40(58)49-17-11-14-30(49)38(56)43-20-31(50)47-33(23(4)5)41(59)60/h8-10,12-13,22-24,26-30,33-34,61H,7,11,14-21,42H2,1-6H3,(H,43,56)(H,44,55)(H,45,54)(H,46,57)(H,47,50)(H,48,53)(H,51,52)(H,59,60)/t24-,26-,27-,28-,29-,30-,33-,34-/m0/s1. The number of nitrogens with one attached hydrogen (secondary N) is 6. The fraction of sp³-hybridized carbons (Fsp3) is 0.634. The molecular formula is C41H64N8O11S. The van der Waals surface area contributed by atoms with Gasteiger partial charge in [-0.15, -0.1) is 0 Å². The first-order chi connectivity index (χ1) is 28.7. The topological polar surface area (TPSA) is 296 Å². The number of carbonyl (C=O) groups excluding carboxylic acids is 7. The van der Waals surface area contributed by atoms with E-state index >= 15 is 0 Å². The second kappa shape index (κ2) is 25.5. The van der Waals surface area contributed by atoms with Gasteiger partial charge < -0.3 is 52.7 Å². The summed E-state index contributed by atoms with van der Waals surface area (Å²) in [5, 5.41) is 34.1. The second-order valence-corrected chi connectivity index (χ2v) is 16.5. The smallest absolute Gasteiger partial charge is 0.326 e. The maximum absolute atomic E-state index is 14.0. The molecule has 61 heavy (non-hydrogen) atoms. The second-order valence-electron chi connectivity index (χ2n) is 16.1. The van der Waals surface area contributed by atoms with Crippen molar-refractivity contribution in [1.82, 2.24) is 36.8 Å². The first kappa shape index (κ1) is 51.9. The third-order valence-electron chi connectivity index (χ3n) is 10.4. The van der Waals surface area contributed by atoms with E-state index in [4.69, 9.17) is 5.73 Å². The first-order valence-corrected chi connectivity index (χ1v) is 21.3. The van der Waals surface area contributed by atoms with Crippen molar-refractivity contribution in [2.75, 3.05) is 18.8 Å². The molecule has 1 fully saturated rings. The number of aliphatic carboxylic acids is 2. The van der Waals surface area contributed by atoms with Crippen molar-refractivity contribution in [3.8, 4) is 0 Å². The van der Waals surface area contributed by atoms with E-state index in [0.29, 0.717) is 12.8 Å². The molecule has 0 unspecified atom stereocenters. The van der Waals surface area contributed by atoms with Crippen LogP contribution in [0.25, 0.3) is 0 Å². The van der Waals surface area contributed by atoms with Crippen LogP contribution >= 0.6 is 12.6 Å². The van der Waals surface area contributed by atoms with Gasteiger partial charge in [0.15, 0.2) is 0 Å². The average Bonchev–Trinajstić information content (AvgIpc) is 3.70. The molecule has 340 valence electrons. The molecule has 0 bridgehead atoms. The quantitative estimate of drug-likeness (QED) is 0.0568. The van der Waals surface area contributed by atoms with Crippen LogP contribution in [0.2, 0.25) is 0 Å². The van der Waals surface area contributed by atoms with Gasteiger partial charge in [0.1, 0.15) is 36.3 Å². The number of nitrogens with two attached hydrogens (primary N) is 1. The lowest BCUT2D eigenvalue weighted by atomic mass is 9.97. The van der Waals surface area contributed by atoms with Gasteiger partial charge in [0.25, 0.3) is 0 Å². The van der Waals surface area contributed by atoms with Crippen LogP contribution in [-0.2, 0) is 49.6 Å². The zero-order valence-corrected chi connectivity index (χ0v) is 36.7. The maximum Gasteiger partial charge on any atom is 0.326 e. The monoisotopic (exact) mass is 876 g/mol. The summed E-state index contributed by atoms with van der Waals surface area (Å²) in [6.45, 7) is 10.0. The number of rotatable bonds is 25. The van der Waals surface area contributed by atoms with Crippen LogP contribution < -0.4 is 37.6 Å². The molecule has 1 aliphatic rings. The Kier molecular flexibility index (Phi) is 21.7. The van der Waals surface area contributed by atoms with Gasteiger partial charge in [0.2, 0.25) is 41.4 Å². The Bertz CT molecular complexity index is 1700. The van der Waals surface area contributed by atoms with Crippen LogP contribution in [0.4, 0.5) is 0 Å². The number of carboxylic acid groups (broad SMARTS) is 2. The summed E-state index contributed by atoms with van der Waals surface area (Å²) in [4.78, 5) is 118. The van der Waals surface area contributed by atoms with Crippen LogP contribution in [0, 0.1) is 17.8 Å². The van der Waals surface area contributed by atoms with Crippen molar-refractivity contribution in [1.29, 1.82) is 0 Å². The molecule has 0 saturated carbocycles. The number of amides is 7. The van der Waals surface area contributed by atoms with Gasteiger partial charge in [0, 0.05) is 18.7 Å². The summed E-state index contributed by atoms with van der Waals surface area (Å²) < 4.78 is 0. The molecule has 0 spiro atoms. The molecule has 1 heterocycles. The summed E-state index contributed by atoms with van der Waals surface area (Å²) >= 11 is 4.23. The summed E-state index contributed by atoms with van der Waals surface area (Å²) in [6.07, 6.45) is 0.559. The number of benzene rings is 1. The van der Waals surface area contributed by atoms with Crippen molar-refractivity contribution in [3.63, 3.8) is 0 Å². The zero-order valence-electron chi connectivity index (χ0n) is 35.8. The SMILES string of the molecule is CC[C@H](C)[C@H](NC(=O)[C@@H](N)Cc1ccccc1)C(=O)N[C@@H](CS)C(=O)N[C@@H](CCC(=O)O)C(=O)N[C@@H](CC(C)C)C(=O)N1CCC[C@H]1C(=O)NCC(=O)N[C@H](C(=O)O)C(C)C. The third-order valence-corrected chi connectivity index (χ3v) is 10.7. The summed E-state index contributed by atoms with van der Waals surface area (Å²) in [6, 6.07) is 0.839. The molecule has 1 saturated heterocycles. The Morgan fingerprint density at radius 3 is 1.97 bits per heavy atom. The summed E-state index contributed by atoms with van der Waals surface area (Å²) in [5.41, 5.74) is 6.99. The lowest BCUT2D eigenvalue weighted by Crippen LogP contribution is -2.60. The molecule has 0 radical (unpaired) electrons. The predicted molar refractivity (Wildman–Crippen MR) is 228 cm³/mol. The number of hydrogen-bond donors (Lipinski definition) is 10. The van der Waals surface area contributed by atoms with Gasteiger partial charge >= 0.3 is 11.9 Å². The molecule has 1 aromatic carbocycles. The lowest BCUT2D eigenvalue weighted by molar-refractivity contribution is -0.143. The van der Waals surface area contributed by atoms with E-state index in [-0.39, 0.29) is 49.8 Å². The Labute approximate surface area is 362 Å². The van der Waals surface area contributed by atoms with Gasteiger partial charge in [0.05, 0.1) is 12.6 Å². The van der Waals surface area contributed by atoms with Gasteiger partial charge in [-0.2, -0.15) is 12.6 Å². The van der Waals surface area contributed by atoms with E-state index in [1.54, 1.807) is 34.6 Å². The summed E-state index contributed by atoms with van der Waals surface area (Å²) in [5.74, 6) is -8.73. The number of nitrogens with zero attached hydrogens (tertiary/aromatic N) is 1. The Hall–Kier alpha value is -5.24. The van der Waals surface area contributed by atoms with Crippen LogP contribution in [-0.4, -0.2) is 130 Å². The van der Waals surface area contributed by atoms with Gasteiger partial charge in [-0.05, 0) is 55.4 Å². The fourth-order valence-electron chi connectivity index (χ4n) is 6.68. The Morgan fingerprint density at radius 1 is 0.803 bits per heavy atom. The largest absolute Gasteiger partial charge is 0.481 e. The minimum Gasteiger partial charge on any atom is -0.481 e. The van der Waals surface area contributed by atoms with Gasteiger partial charge in [-0.3, -0.25) is 38.4 Å². The molecule has 7 amide bonds. The Morgan fingerprint density at radius 2 is 1.41 bits per heavy atom. The van der Waals surface area contributed by atoms with Crippen LogP contribution in [0.3, 0.4) is 0 Å². The van der Waals surface area contributed by atoms with E-state index in [9.17, 15) is 53.4 Å². The molecule has 1 aromatic rings. The number of likely N-dealkylation sites (tertiary alicyclic amines) is 1. The molecule has 1 aliphatic heterocycles. The summed E-state index contributed by atoms with van der Waals surface area (Å²) in [7, 11) is 0. The maximum atomic E-state index is 14.0. The minimum atomic E-state index is -1.48. The Balaban J connectivity index is 2.20. The minimum absolute atomic E-state index is 0.107. The number of carbonyl (C=O) groups is 9. The highest BCUT2D eigenvalue weighted by Gasteiger charge is 2.39. The van der Waals surface area contributed by atoms with Crippen LogP contribution in [0.5, 0.6) is 0 Å². The van der Waals surface area contributed by atoms with Crippen molar-refractivity contribution < 1.29 is 53.4 Å². The van der Waals surface area contributed by atoms with Gasteiger partial charge in [-0.1, -0.05) is 78.3 Å². The van der Waals surface area contributed by atoms with Crippen molar-refractivity contribution in [2.45, 2.75) is 129 Å². The average molecular weight is 877 g/mol. The molecule has 0 aliphatic carbocycles. The van der Waals surface area contributed by atoms with Crippen LogP contribution in [0.15, 0.2) is 30.3 Å². The molecular weight excluding hydrogens is 813 g/mol. The molecule has 8 atom stereocenters. The highest BCUT2D eigenvalue weighted by molar-refractivity contribution is 7.80. The van der Waals surface area contributed by atoms with E-state index in [1.165, 1.54) is 4.90 Å². The molecule has 19 nitrogen and oxygen atoms in total. The third kappa shape index (κ3) is 17.0. The number of carboxylic acids is 2. The van der Waals surface area contributed by atoms with E-state index < -0.39 is 114 Å². The van der Waals surface area contributed by atoms with E-state index in [1.807, 2.05) is 37.3 Å². The van der Waals surface area contributed by atoms with Crippen molar-refractivity contribution in [3.05, 3.63) is 35.9 Å². The highest BCUT2D eigenvalue weighted by atomic mass is 32.1. The highest BCUT2D eigenvalue weighted by Crippen LogP contribution is 2.21. The normalized spacial score (nSPS) is 17.1. The molecule has 2 rings (SSSR count). The zero-order chi connectivity index (χ0) is 46.0. The first-order valence-electron chi connectivity index (χ1n) is 20.6. The molecule has 20 heteroatoms. The van der Waals surface area contributed by atoms with E-state index in [2.05, 4.69) is 44.5 Å². The van der Waals surface area contributed by atoms with Crippen LogP contribution in [0.1, 0.15) is 85.6 Å². The number of thiol groups is 1. The van der Waals surface area contributed by atoms with Gasteiger partial charge in [-0.25, -0.2) is 4.79 Å². The van der Waals surface area contributed by atoms with Crippen molar-refractivity contribution in [2.24, 2.45) is 23.5 Å². The van der Waals surface area contributed by atoms with Crippen molar-refractivity contribution >= 4 is 65.9 Å². The predicted octanol–water partition coefficient (Wildman–Crippen LogP) is -0.285. The fourth-order valence-corrected chi connectivity index (χ4v) is 6.94. The molecule has 0 aromatic heterocycles. The lowest BCUT2D eigenvalue weighted by Gasteiger charge is -2.31.